The predicted molar refractivity (Wildman–Crippen MR) is 82.0 cm³/mol. The molecule has 1 aromatic heterocycles. The van der Waals surface area contributed by atoms with Crippen LogP contribution in [0.2, 0.25) is 5.02 Å². The van der Waals surface area contributed by atoms with Gasteiger partial charge in [0.25, 0.3) is 0 Å². The van der Waals surface area contributed by atoms with Gasteiger partial charge in [-0.15, -0.1) is 0 Å². The van der Waals surface area contributed by atoms with Gasteiger partial charge in [0.1, 0.15) is 5.03 Å². The fourth-order valence-electron chi connectivity index (χ4n) is 2.01. The molecule has 3 rings (SSSR count). The van der Waals surface area contributed by atoms with Crippen LogP contribution in [-0.2, 0) is 0 Å². The highest BCUT2D eigenvalue weighted by Crippen LogP contribution is 2.36. The molecule has 0 aliphatic carbocycles. The van der Waals surface area contributed by atoms with Gasteiger partial charge in [-0.05, 0) is 29.7 Å². The van der Waals surface area contributed by atoms with Crippen LogP contribution in [0.15, 0.2) is 64.6 Å². The van der Waals surface area contributed by atoms with E-state index in [1.165, 1.54) is 11.8 Å². The molecule has 0 amide bonds. The molecule has 0 fully saturated rings. The van der Waals surface area contributed by atoms with Crippen molar-refractivity contribution < 1.29 is 0 Å². The second-order valence-corrected chi connectivity index (χ2v) is 5.60. The molecule has 20 heavy (non-hydrogen) atoms. The Hall–Kier alpha value is -2.02. The number of benzene rings is 2. The third-order valence-corrected chi connectivity index (χ3v) is 4.45. The van der Waals surface area contributed by atoms with E-state index in [2.05, 4.69) is 11.1 Å². The fourth-order valence-corrected chi connectivity index (χ4v) is 3.16. The van der Waals surface area contributed by atoms with Gasteiger partial charge >= 0.3 is 0 Å². The number of aromatic nitrogens is 1. The van der Waals surface area contributed by atoms with Crippen molar-refractivity contribution in [2.24, 2.45) is 0 Å². The molecule has 0 saturated carbocycles. The number of halogens is 1. The number of hydrogen-bond donors (Lipinski definition) is 0. The minimum atomic E-state index is 0.631. The minimum absolute atomic E-state index is 0.631. The van der Waals surface area contributed by atoms with E-state index in [4.69, 9.17) is 11.6 Å². The van der Waals surface area contributed by atoms with Crippen molar-refractivity contribution in [1.82, 2.24) is 4.98 Å². The van der Waals surface area contributed by atoms with E-state index in [0.717, 1.165) is 20.7 Å². The standard InChI is InChI=1S/C16H9ClN2S/c17-14-6-3-9-19-16(14)20-15-8-7-11(10-18)12-4-1-2-5-13(12)15/h1-9H. The summed E-state index contributed by atoms with van der Waals surface area (Å²) in [5.74, 6) is 0. The Bertz CT molecular complexity index is 824. The Morgan fingerprint density at radius 2 is 1.80 bits per heavy atom. The second kappa shape index (κ2) is 5.54. The normalized spacial score (nSPS) is 10.4. The summed E-state index contributed by atoms with van der Waals surface area (Å²) in [5.41, 5.74) is 0.678. The molecular formula is C16H9ClN2S. The van der Waals surface area contributed by atoms with Crippen molar-refractivity contribution in [3.05, 3.63) is 65.3 Å². The molecule has 0 N–H and O–H groups in total. The highest BCUT2D eigenvalue weighted by atomic mass is 35.5. The molecule has 4 heteroatoms. The van der Waals surface area contributed by atoms with E-state index in [1.807, 2.05) is 48.5 Å². The number of rotatable bonds is 2. The lowest BCUT2D eigenvalue weighted by Crippen LogP contribution is -1.85. The lowest BCUT2D eigenvalue weighted by Gasteiger charge is -2.08. The zero-order valence-corrected chi connectivity index (χ0v) is 11.9. The highest BCUT2D eigenvalue weighted by molar-refractivity contribution is 7.99. The van der Waals surface area contributed by atoms with Gasteiger partial charge in [0.2, 0.25) is 0 Å². The maximum Gasteiger partial charge on any atom is 0.119 e. The van der Waals surface area contributed by atoms with Crippen molar-refractivity contribution in [2.75, 3.05) is 0 Å². The monoisotopic (exact) mass is 296 g/mol. The van der Waals surface area contributed by atoms with Gasteiger partial charge < -0.3 is 0 Å². The first-order valence-corrected chi connectivity index (χ1v) is 7.19. The van der Waals surface area contributed by atoms with E-state index in [1.54, 1.807) is 6.20 Å². The average Bonchev–Trinajstić information content (AvgIpc) is 2.50. The summed E-state index contributed by atoms with van der Waals surface area (Å²) in [7, 11) is 0. The summed E-state index contributed by atoms with van der Waals surface area (Å²) in [4.78, 5) is 5.33. The third-order valence-electron chi connectivity index (χ3n) is 2.94. The lowest BCUT2D eigenvalue weighted by atomic mass is 10.1. The second-order valence-electron chi connectivity index (χ2n) is 4.16. The zero-order valence-electron chi connectivity index (χ0n) is 10.4. The van der Waals surface area contributed by atoms with Crippen LogP contribution in [0, 0.1) is 11.3 Å². The highest BCUT2D eigenvalue weighted by Gasteiger charge is 2.09. The first-order valence-electron chi connectivity index (χ1n) is 6.00. The molecule has 2 aromatic carbocycles. The number of fused-ring (bicyclic) bond motifs is 1. The predicted octanol–water partition coefficient (Wildman–Crippen LogP) is 4.91. The molecule has 0 unspecified atom stereocenters. The van der Waals surface area contributed by atoms with Crippen molar-refractivity contribution in [3.8, 4) is 6.07 Å². The van der Waals surface area contributed by atoms with Gasteiger partial charge in [0.15, 0.2) is 0 Å². The Balaban J connectivity index is 2.14. The number of nitrogens with zero attached hydrogens (tertiary/aromatic N) is 2. The van der Waals surface area contributed by atoms with E-state index in [0.29, 0.717) is 10.6 Å². The largest absolute Gasteiger partial charge is 0.248 e. The third kappa shape index (κ3) is 2.36. The van der Waals surface area contributed by atoms with Crippen molar-refractivity contribution in [3.63, 3.8) is 0 Å². The number of hydrogen-bond acceptors (Lipinski definition) is 3. The molecule has 0 atom stereocenters. The van der Waals surface area contributed by atoms with Crippen LogP contribution in [0.4, 0.5) is 0 Å². The molecule has 2 nitrogen and oxygen atoms in total. The van der Waals surface area contributed by atoms with Gasteiger partial charge in [-0.3, -0.25) is 0 Å². The van der Waals surface area contributed by atoms with Crippen molar-refractivity contribution in [1.29, 1.82) is 5.26 Å². The topological polar surface area (TPSA) is 36.7 Å². The van der Waals surface area contributed by atoms with Crippen LogP contribution < -0.4 is 0 Å². The summed E-state index contributed by atoms with van der Waals surface area (Å²) in [5, 5.41) is 12.6. The molecule has 1 heterocycles. The lowest BCUT2D eigenvalue weighted by molar-refractivity contribution is 1.13. The summed E-state index contributed by atoms with van der Waals surface area (Å²) >= 11 is 7.66. The molecular weight excluding hydrogens is 288 g/mol. The fraction of sp³-hybridized carbons (Fsp3) is 0. The summed E-state index contributed by atoms with van der Waals surface area (Å²) in [6, 6.07) is 17.5. The Morgan fingerprint density at radius 1 is 1.00 bits per heavy atom. The van der Waals surface area contributed by atoms with Crippen LogP contribution >= 0.6 is 23.4 Å². The van der Waals surface area contributed by atoms with Crippen LogP contribution in [0.1, 0.15) is 5.56 Å². The Kier molecular flexibility index (Phi) is 3.60. The molecule has 0 aliphatic rings. The van der Waals surface area contributed by atoms with Crippen LogP contribution in [0.3, 0.4) is 0 Å². The molecule has 0 aliphatic heterocycles. The maximum atomic E-state index is 9.17. The van der Waals surface area contributed by atoms with E-state index in [9.17, 15) is 5.26 Å². The maximum absolute atomic E-state index is 9.17. The van der Waals surface area contributed by atoms with Crippen LogP contribution in [0.5, 0.6) is 0 Å². The van der Waals surface area contributed by atoms with E-state index < -0.39 is 0 Å². The molecule has 3 aromatic rings. The number of pyridine rings is 1. The first kappa shape index (κ1) is 13.0. The Morgan fingerprint density at radius 3 is 2.55 bits per heavy atom. The number of nitriles is 1. The average molecular weight is 297 g/mol. The minimum Gasteiger partial charge on any atom is -0.248 e. The zero-order chi connectivity index (χ0) is 13.9. The van der Waals surface area contributed by atoms with Gasteiger partial charge in [0.05, 0.1) is 16.7 Å². The SMILES string of the molecule is N#Cc1ccc(Sc2ncccc2Cl)c2ccccc12. The molecule has 0 spiro atoms. The van der Waals surface area contributed by atoms with E-state index >= 15 is 0 Å². The summed E-state index contributed by atoms with van der Waals surface area (Å²) < 4.78 is 0. The van der Waals surface area contributed by atoms with E-state index in [-0.39, 0.29) is 0 Å². The van der Waals surface area contributed by atoms with Gasteiger partial charge in [-0.2, -0.15) is 5.26 Å². The first-order chi connectivity index (χ1) is 9.79. The van der Waals surface area contributed by atoms with Crippen molar-refractivity contribution in [2.45, 2.75) is 9.92 Å². The quantitative estimate of drug-likeness (QED) is 0.674. The summed E-state index contributed by atoms with van der Waals surface area (Å²) in [6.45, 7) is 0. The van der Waals surface area contributed by atoms with Gasteiger partial charge in [-0.1, -0.05) is 47.6 Å². The molecule has 0 bridgehead atoms. The van der Waals surface area contributed by atoms with Crippen LogP contribution in [0.25, 0.3) is 10.8 Å². The molecule has 0 saturated heterocycles. The molecule has 0 radical (unpaired) electrons. The van der Waals surface area contributed by atoms with Gasteiger partial charge in [0, 0.05) is 16.5 Å². The van der Waals surface area contributed by atoms with Crippen LogP contribution in [-0.4, -0.2) is 4.98 Å². The summed E-state index contributed by atoms with van der Waals surface area (Å²) in [6.07, 6.45) is 1.72. The Labute approximate surface area is 126 Å². The van der Waals surface area contributed by atoms with Gasteiger partial charge in [-0.25, -0.2) is 4.98 Å². The van der Waals surface area contributed by atoms with Crippen molar-refractivity contribution >= 4 is 34.1 Å². The molecule has 96 valence electrons. The smallest absolute Gasteiger partial charge is 0.119 e.